The molecule has 0 fully saturated rings. The van der Waals surface area contributed by atoms with E-state index in [4.69, 9.17) is 11.6 Å². The summed E-state index contributed by atoms with van der Waals surface area (Å²) in [6, 6.07) is 4.52. The lowest BCUT2D eigenvalue weighted by Crippen LogP contribution is -2.21. The molecule has 7 heteroatoms. The quantitative estimate of drug-likeness (QED) is 0.367. The maximum Gasteiger partial charge on any atom is 0.271 e. The van der Waals surface area contributed by atoms with Gasteiger partial charge in [0, 0.05) is 22.2 Å². The SMILES string of the molecule is O=[N+]([O-])c1ccc(I)c(NCC(O)CCl)c1. The van der Waals surface area contributed by atoms with Gasteiger partial charge in [-0.2, -0.15) is 0 Å². The van der Waals surface area contributed by atoms with Crippen LogP contribution in [-0.4, -0.2) is 28.6 Å². The molecule has 0 saturated carbocycles. The minimum Gasteiger partial charge on any atom is -0.390 e. The van der Waals surface area contributed by atoms with E-state index in [1.807, 2.05) is 0 Å². The first-order chi connectivity index (χ1) is 7.54. The first kappa shape index (κ1) is 13.5. The van der Waals surface area contributed by atoms with Gasteiger partial charge in [-0.25, -0.2) is 0 Å². The predicted octanol–water partition coefficient (Wildman–Crippen LogP) is 2.21. The van der Waals surface area contributed by atoms with Gasteiger partial charge in [0.05, 0.1) is 22.6 Å². The highest BCUT2D eigenvalue weighted by molar-refractivity contribution is 14.1. The normalized spacial score (nSPS) is 12.2. The topological polar surface area (TPSA) is 75.4 Å². The highest BCUT2D eigenvalue weighted by atomic mass is 127. The van der Waals surface area contributed by atoms with Gasteiger partial charge in [-0.1, -0.05) is 0 Å². The first-order valence-electron chi connectivity index (χ1n) is 4.46. The third kappa shape index (κ3) is 3.76. The highest BCUT2D eigenvalue weighted by Crippen LogP contribution is 2.23. The molecule has 0 aliphatic heterocycles. The molecule has 2 N–H and O–H groups in total. The van der Waals surface area contributed by atoms with Crippen molar-refractivity contribution in [2.24, 2.45) is 0 Å². The molecule has 0 amide bonds. The van der Waals surface area contributed by atoms with Gasteiger partial charge in [-0.15, -0.1) is 11.6 Å². The summed E-state index contributed by atoms with van der Waals surface area (Å²) in [7, 11) is 0. The van der Waals surface area contributed by atoms with Crippen molar-refractivity contribution in [2.75, 3.05) is 17.7 Å². The average Bonchev–Trinajstić information content (AvgIpc) is 2.27. The number of aliphatic hydroxyl groups is 1. The van der Waals surface area contributed by atoms with Crippen LogP contribution in [0.15, 0.2) is 18.2 Å². The molecule has 16 heavy (non-hydrogen) atoms. The average molecular weight is 357 g/mol. The van der Waals surface area contributed by atoms with E-state index in [1.165, 1.54) is 12.1 Å². The van der Waals surface area contributed by atoms with E-state index in [1.54, 1.807) is 6.07 Å². The molecule has 1 aromatic rings. The third-order valence-electron chi connectivity index (χ3n) is 1.87. The van der Waals surface area contributed by atoms with E-state index in [-0.39, 0.29) is 18.1 Å². The second-order valence-corrected chi connectivity index (χ2v) is 4.58. The third-order valence-corrected chi connectivity index (χ3v) is 3.16. The van der Waals surface area contributed by atoms with E-state index >= 15 is 0 Å². The highest BCUT2D eigenvalue weighted by Gasteiger charge is 2.10. The Morgan fingerprint density at radius 3 is 2.88 bits per heavy atom. The van der Waals surface area contributed by atoms with Crippen molar-refractivity contribution in [2.45, 2.75) is 6.10 Å². The number of halogens is 2. The van der Waals surface area contributed by atoms with Crippen LogP contribution >= 0.6 is 34.2 Å². The number of benzene rings is 1. The van der Waals surface area contributed by atoms with Gasteiger partial charge in [0.25, 0.3) is 5.69 Å². The number of rotatable bonds is 5. The molecule has 0 heterocycles. The Bertz CT molecular complexity index is 389. The fourth-order valence-electron chi connectivity index (χ4n) is 1.04. The lowest BCUT2D eigenvalue weighted by Gasteiger charge is -2.11. The summed E-state index contributed by atoms with van der Waals surface area (Å²) in [4.78, 5) is 10.1. The molecular formula is C9H10ClIN2O3. The smallest absolute Gasteiger partial charge is 0.271 e. The lowest BCUT2D eigenvalue weighted by atomic mass is 10.2. The van der Waals surface area contributed by atoms with Crippen LogP contribution < -0.4 is 5.32 Å². The van der Waals surface area contributed by atoms with E-state index < -0.39 is 11.0 Å². The van der Waals surface area contributed by atoms with Gasteiger partial charge in [-0.3, -0.25) is 10.1 Å². The molecule has 1 rings (SSSR count). The van der Waals surface area contributed by atoms with E-state index in [9.17, 15) is 15.2 Å². The summed E-state index contributed by atoms with van der Waals surface area (Å²) in [5.41, 5.74) is 0.641. The zero-order valence-corrected chi connectivity index (χ0v) is 11.1. The molecule has 1 aromatic carbocycles. The number of hydrogen-bond donors (Lipinski definition) is 2. The Kier molecular flexibility index (Phi) is 5.23. The maximum absolute atomic E-state index is 10.6. The molecule has 1 unspecified atom stereocenters. The molecule has 0 aliphatic rings. The van der Waals surface area contributed by atoms with Crippen molar-refractivity contribution >= 4 is 45.6 Å². The van der Waals surface area contributed by atoms with Crippen LogP contribution in [0.25, 0.3) is 0 Å². The molecule has 5 nitrogen and oxygen atoms in total. The number of anilines is 1. The minimum atomic E-state index is -0.670. The Morgan fingerprint density at radius 1 is 1.62 bits per heavy atom. The van der Waals surface area contributed by atoms with Crippen molar-refractivity contribution in [1.29, 1.82) is 0 Å². The summed E-state index contributed by atoms with van der Waals surface area (Å²) in [5.74, 6) is 0.124. The van der Waals surface area contributed by atoms with Gasteiger partial charge in [0.15, 0.2) is 0 Å². The predicted molar refractivity (Wildman–Crippen MR) is 71.0 cm³/mol. The largest absolute Gasteiger partial charge is 0.390 e. The maximum atomic E-state index is 10.6. The molecule has 0 aliphatic carbocycles. The van der Waals surface area contributed by atoms with Crippen LogP contribution in [0.3, 0.4) is 0 Å². The second-order valence-electron chi connectivity index (χ2n) is 3.11. The minimum absolute atomic E-state index is 0.0169. The molecule has 0 radical (unpaired) electrons. The molecule has 88 valence electrons. The van der Waals surface area contributed by atoms with E-state index in [0.717, 1.165) is 3.57 Å². The summed E-state index contributed by atoms with van der Waals surface area (Å²) >= 11 is 7.50. The molecule has 0 spiro atoms. The van der Waals surface area contributed by atoms with E-state index in [2.05, 4.69) is 27.9 Å². The number of hydrogen-bond acceptors (Lipinski definition) is 4. The van der Waals surface area contributed by atoms with Crippen molar-refractivity contribution in [3.8, 4) is 0 Å². The zero-order valence-electron chi connectivity index (χ0n) is 8.19. The number of nitro groups is 1. The number of non-ortho nitro benzene ring substituents is 1. The lowest BCUT2D eigenvalue weighted by molar-refractivity contribution is -0.384. The zero-order chi connectivity index (χ0) is 12.1. The molecule has 0 bridgehead atoms. The van der Waals surface area contributed by atoms with Gasteiger partial charge in [-0.05, 0) is 28.7 Å². The Labute approximate surface area is 111 Å². The molecule has 0 aromatic heterocycles. The second kappa shape index (κ2) is 6.21. The first-order valence-corrected chi connectivity index (χ1v) is 6.07. The fourth-order valence-corrected chi connectivity index (χ4v) is 1.68. The Morgan fingerprint density at radius 2 is 2.31 bits per heavy atom. The van der Waals surface area contributed by atoms with Gasteiger partial charge in [0.1, 0.15) is 0 Å². The number of aliphatic hydroxyl groups excluding tert-OH is 1. The van der Waals surface area contributed by atoms with Crippen LogP contribution in [0.4, 0.5) is 11.4 Å². The number of alkyl halides is 1. The van der Waals surface area contributed by atoms with Crippen LogP contribution in [0.2, 0.25) is 0 Å². The summed E-state index contributed by atoms with van der Waals surface area (Å²) in [6.07, 6.45) is -0.670. The number of nitro benzene ring substituents is 1. The van der Waals surface area contributed by atoms with Crippen LogP contribution in [0, 0.1) is 13.7 Å². The molecule has 0 saturated heterocycles. The van der Waals surface area contributed by atoms with Gasteiger partial charge in [0.2, 0.25) is 0 Å². The number of nitrogens with one attached hydrogen (secondary N) is 1. The molecule has 1 atom stereocenters. The Balaban J connectivity index is 2.78. The monoisotopic (exact) mass is 356 g/mol. The van der Waals surface area contributed by atoms with E-state index in [0.29, 0.717) is 5.69 Å². The fraction of sp³-hybridized carbons (Fsp3) is 0.333. The number of nitrogens with zero attached hydrogens (tertiary/aromatic N) is 1. The molecular weight excluding hydrogens is 346 g/mol. The van der Waals surface area contributed by atoms with Gasteiger partial charge >= 0.3 is 0 Å². The summed E-state index contributed by atoms with van der Waals surface area (Å²) in [5, 5.41) is 22.7. The van der Waals surface area contributed by atoms with Crippen molar-refractivity contribution in [1.82, 2.24) is 0 Å². The van der Waals surface area contributed by atoms with Crippen LogP contribution in [-0.2, 0) is 0 Å². The van der Waals surface area contributed by atoms with Crippen molar-refractivity contribution in [3.05, 3.63) is 31.9 Å². The van der Waals surface area contributed by atoms with Crippen LogP contribution in [0.5, 0.6) is 0 Å². The Hall–Kier alpha value is -0.600. The van der Waals surface area contributed by atoms with Crippen molar-refractivity contribution in [3.63, 3.8) is 0 Å². The summed E-state index contributed by atoms with van der Waals surface area (Å²) in [6.45, 7) is 0.265. The van der Waals surface area contributed by atoms with Crippen molar-refractivity contribution < 1.29 is 10.0 Å². The summed E-state index contributed by atoms with van der Waals surface area (Å²) < 4.78 is 0.852. The van der Waals surface area contributed by atoms with Gasteiger partial charge < -0.3 is 10.4 Å². The standard InChI is InChI=1S/C9H10ClIN2O3/c10-4-7(14)5-12-9-3-6(13(15)16)1-2-8(9)11/h1-3,7,12,14H,4-5H2. The van der Waals surface area contributed by atoms with Crippen LogP contribution in [0.1, 0.15) is 0 Å².